The summed E-state index contributed by atoms with van der Waals surface area (Å²) in [7, 11) is 1.20. The van der Waals surface area contributed by atoms with Gasteiger partial charge in [0.1, 0.15) is 5.75 Å². The molecule has 1 aromatic carbocycles. The maximum Gasteiger partial charge on any atom is 0.175 e. The number of piperidine rings is 1. The van der Waals surface area contributed by atoms with Crippen molar-refractivity contribution in [1.29, 1.82) is 0 Å². The van der Waals surface area contributed by atoms with Crippen LogP contribution in [0.1, 0.15) is 12.8 Å². The first kappa shape index (κ1) is 18.7. The van der Waals surface area contributed by atoms with E-state index in [1.54, 1.807) is 13.2 Å². The molecule has 0 aliphatic carbocycles. The molecule has 0 spiro atoms. The molecule has 140 valence electrons. The molecule has 2 aliphatic heterocycles. The Kier molecular flexibility index (Phi) is 5.74. The number of rotatable bonds is 4. The molecule has 2 heterocycles. The highest BCUT2D eigenvalue weighted by Crippen LogP contribution is 2.47. The van der Waals surface area contributed by atoms with Crippen molar-refractivity contribution >= 4 is 18.3 Å². The van der Waals surface area contributed by atoms with Crippen molar-refractivity contribution in [3.8, 4) is 5.75 Å². The molecule has 3 rings (SSSR count). The summed E-state index contributed by atoms with van der Waals surface area (Å²) in [5, 5.41) is 0.830. The largest absolute Gasteiger partial charge is 0.495 e. The number of piperazine rings is 1. The third-order valence-electron chi connectivity index (χ3n) is 5.73. The van der Waals surface area contributed by atoms with E-state index in [0.29, 0.717) is 17.5 Å². The van der Waals surface area contributed by atoms with E-state index in [9.17, 15) is 4.57 Å². The van der Waals surface area contributed by atoms with Crippen LogP contribution in [-0.2, 0) is 4.57 Å². The van der Waals surface area contributed by atoms with E-state index in [4.69, 9.17) is 10.5 Å². The van der Waals surface area contributed by atoms with Crippen LogP contribution in [0.5, 0.6) is 5.75 Å². The predicted molar refractivity (Wildman–Crippen MR) is 104 cm³/mol. The topological polar surface area (TPSA) is 62.0 Å². The minimum atomic E-state index is -2.59. The molecule has 2 saturated heterocycles. The number of ether oxygens (including phenoxy) is 1. The van der Waals surface area contributed by atoms with Gasteiger partial charge in [-0.15, -0.1) is 0 Å². The number of nitrogens with two attached hydrogens (primary N) is 1. The highest BCUT2D eigenvalue weighted by molar-refractivity contribution is 7.68. The second-order valence-electron chi connectivity index (χ2n) is 7.33. The van der Waals surface area contributed by atoms with E-state index in [1.165, 1.54) is 0 Å². The van der Waals surface area contributed by atoms with Gasteiger partial charge < -0.3 is 19.9 Å². The van der Waals surface area contributed by atoms with Crippen molar-refractivity contribution in [2.45, 2.75) is 18.9 Å². The van der Waals surface area contributed by atoms with Crippen molar-refractivity contribution in [1.82, 2.24) is 14.5 Å². The Balaban J connectivity index is 1.64. The molecule has 0 saturated carbocycles. The Hall–Kier alpha value is -1.07. The van der Waals surface area contributed by atoms with Crippen molar-refractivity contribution in [2.75, 3.05) is 65.8 Å². The quantitative estimate of drug-likeness (QED) is 0.644. The summed E-state index contributed by atoms with van der Waals surface area (Å²) in [6.07, 6.45) is 2.18. The zero-order chi connectivity index (χ0) is 18.0. The molecular weight excluding hydrogens is 335 g/mol. The highest BCUT2D eigenvalue weighted by atomic mass is 31.2. The first-order valence-electron chi connectivity index (χ1n) is 9.11. The summed E-state index contributed by atoms with van der Waals surface area (Å²) < 4.78 is 21.0. The van der Waals surface area contributed by atoms with Gasteiger partial charge in [-0.2, -0.15) is 0 Å². The summed E-state index contributed by atoms with van der Waals surface area (Å²) in [6, 6.07) is 6.14. The van der Waals surface area contributed by atoms with Crippen LogP contribution >= 0.6 is 7.29 Å². The van der Waals surface area contributed by atoms with Gasteiger partial charge in [0, 0.05) is 57.3 Å². The van der Waals surface area contributed by atoms with Gasteiger partial charge in [0.2, 0.25) is 0 Å². The Labute approximate surface area is 151 Å². The van der Waals surface area contributed by atoms with Crippen molar-refractivity contribution in [3.05, 3.63) is 18.2 Å². The third-order valence-corrected chi connectivity index (χ3v) is 8.45. The van der Waals surface area contributed by atoms with Crippen molar-refractivity contribution in [3.63, 3.8) is 0 Å². The molecule has 0 bridgehead atoms. The monoisotopic (exact) mass is 366 g/mol. The molecular formula is C18H31N4O2P. The molecule has 25 heavy (non-hydrogen) atoms. The fourth-order valence-electron chi connectivity index (χ4n) is 3.91. The van der Waals surface area contributed by atoms with E-state index in [2.05, 4.69) is 21.5 Å². The lowest BCUT2D eigenvalue weighted by atomic mass is 10.0. The average Bonchev–Trinajstić information content (AvgIpc) is 2.62. The first-order valence-corrected chi connectivity index (χ1v) is 11.2. The van der Waals surface area contributed by atoms with Crippen LogP contribution in [0.3, 0.4) is 0 Å². The maximum absolute atomic E-state index is 13.5. The van der Waals surface area contributed by atoms with Gasteiger partial charge in [-0.05, 0) is 38.1 Å². The molecule has 2 aliphatic rings. The van der Waals surface area contributed by atoms with E-state index >= 15 is 0 Å². The van der Waals surface area contributed by atoms with Gasteiger partial charge in [0.15, 0.2) is 7.29 Å². The summed E-state index contributed by atoms with van der Waals surface area (Å²) in [5.41, 5.74) is 6.48. The van der Waals surface area contributed by atoms with Crippen molar-refractivity contribution in [2.24, 2.45) is 0 Å². The van der Waals surface area contributed by atoms with Crippen LogP contribution in [0.25, 0.3) is 0 Å². The number of hydrogen-bond donors (Lipinski definition) is 1. The van der Waals surface area contributed by atoms with Gasteiger partial charge in [0.05, 0.1) is 12.8 Å². The zero-order valence-corrected chi connectivity index (χ0v) is 16.5. The second-order valence-corrected chi connectivity index (χ2v) is 10.2. The summed E-state index contributed by atoms with van der Waals surface area (Å²) in [4.78, 5) is 5.00. The van der Waals surface area contributed by atoms with Gasteiger partial charge in [-0.1, -0.05) is 0 Å². The lowest BCUT2D eigenvalue weighted by Crippen LogP contribution is -2.52. The number of nitrogens with zero attached hydrogens (tertiary/aromatic N) is 3. The first-order chi connectivity index (χ1) is 11.9. The molecule has 2 N–H and O–H groups in total. The van der Waals surface area contributed by atoms with E-state index in [0.717, 1.165) is 57.4 Å². The van der Waals surface area contributed by atoms with Crippen molar-refractivity contribution < 1.29 is 9.30 Å². The van der Waals surface area contributed by atoms with Crippen LogP contribution in [0.2, 0.25) is 0 Å². The van der Waals surface area contributed by atoms with Crippen LogP contribution in [0.15, 0.2) is 18.2 Å². The normalized spacial score (nSPS) is 24.1. The Morgan fingerprint density at radius 3 is 2.36 bits per heavy atom. The van der Waals surface area contributed by atoms with Crippen LogP contribution < -0.4 is 15.8 Å². The minimum Gasteiger partial charge on any atom is -0.495 e. The molecule has 2 fully saturated rings. The molecule has 0 amide bonds. The lowest BCUT2D eigenvalue weighted by molar-refractivity contribution is 0.0836. The van der Waals surface area contributed by atoms with E-state index < -0.39 is 7.29 Å². The number of nitrogen functional groups attached to an aromatic ring is 1. The number of methoxy groups -OCH3 is 1. The van der Waals surface area contributed by atoms with Gasteiger partial charge in [-0.25, -0.2) is 4.67 Å². The fraction of sp³-hybridized carbons (Fsp3) is 0.667. The molecule has 1 atom stereocenters. The highest BCUT2D eigenvalue weighted by Gasteiger charge is 2.34. The molecule has 1 aromatic rings. The number of benzene rings is 1. The Morgan fingerprint density at radius 1 is 1.12 bits per heavy atom. The average molecular weight is 366 g/mol. The van der Waals surface area contributed by atoms with Crippen LogP contribution in [-0.4, -0.2) is 80.6 Å². The Bertz CT molecular complexity index is 638. The van der Waals surface area contributed by atoms with Crippen LogP contribution in [0.4, 0.5) is 5.69 Å². The second kappa shape index (κ2) is 7.67. The third kappa shape index (κ3) is 4.03. The SMILES string of the molecule is COc1cc(P(C)(=O)N2CCC(N3CCN(C)CC3)CC2)ccc1N. The smallest absolute Gasteiger partial charge is 0.175 e. The molecule has 6 nitrogen and oxygen atoms in total. The minimum absolute atomic E-state index is 0.583. The Morgan fingerprint density at radius 2 is 1.76 bits per heavy atom. The summed E-state index contributed by atoms with van der Waals surface area (Å²) in [5.74, 6) is 0.604. The maximum atomic E-state index is 13.5. The number of hydrogen-bond acceptors (Lipinski definition) is 5. The summed E-state index contributed by atoms with van der Waals surface area (Å²) >= 11 is 0. The lowest BCUT2D eigenvalue weighted by Gasteiger charge is -2.43. The van der Waals surface area contributed by atoms with Gasteiger partial charge in [-0.3, -0.25) is 4.90 Å². The molecule has 7 heteroatoms. The number of likely N-dealkylation sites (N-methyl/N-ethyl adjacent to an activating group) is 1. The summed E-state index contributed by atoms with van der Waals surface area (Å²) in [6.45, 7) is 8.25. The molecule has 0 radical (unpaired) electrons. The van der Waals surface area contributed by atoms with E-state index in [-0.39, 0.29) is 0 Å². The van der Waals surface area contributed by atoms with Gasteiger partial charge in [0.25, 0.3) is 0 Å². The standard InChI is InChI=1S/C18H31N4O2P/c1-20-10-12-21(13-11-20)15-6-8-22(9-7-15)25(3,23)16-4-5-17(19)18(14-16)24-2/h4-5,14-15H,6-13,19H2,1-3H3. The van der Waals surface area contributed by atoms with Crippen LogP contribution in [0, 0.1) is 0 Å². The predicted octanol–water partition coefficient (Wildman–Crippen LogP) is 1.52. The zero-order valence-electron chi connectivity index (χ0n) is 15.6. The molecule has 1 unspecified atom stereocenters. The number of anilines is 1. The van der Waals surface area contributed by atoms with Gasteiger partial charge >= 0.3 is 0 Å². The van der Waals surface area contributed by atoms with E-state index in [1.807, 2.05) is 18.8 Å². The molecule has 0 aromatic heterocycles. The fourth-order valence-corrected chi connectivity index (χ4v) is 5.94.